The molecule has 27 heavy (non-hydrogen) atoms. The number of carbonyl (C=O) groups is 2. The Kier molecular flexibility index (Phi) is 4.93. The standard InChI is InChI=1S/C19H22N2O6/c1-11-14(17(22)23)20-16(26-11)15-12(2)27-19(3,4)21(15)18(24)25-10-13-8-6-5-7-9-13/h5-9,12,15H,10H2,1-4H3,(H,22,23)/t12-,15+/m1/s1. The fourth-order valence-corrected chi connectivity index (χ4v) is 3.30. The molecule has 1 aromatic heterocycles. The van der Waals surface area contributed by atoms with Crippen molar-refractivity contribution < 1.29 is 28.6 Å². The van der Waals surface area contributed by atoms with Gasteiger partial charge in [-0.2, -0.15) is 0 Å². The largest absolute Gasteiger partial charge is 0.476 e. The van der Waals surface area contributed by atoms with Crippen LogP contribution in [0.2, 0.25) is 0 Å². The SMILES string of the molecule is Cc1oc([C@@H]2[C@@H](C)OC(C)(C)N2C(=O)OCc2ccccc2)nc1C(=O)O. The number of carboxylic acids is 1. The molecule has 2 aromatic rings. The molecule has 0 bridgehead atoms. The fraction of sp³-hybridized carbons (Fsp3) is 0.421. The Balaban J connectivity index is 1.86. The van der Waals surface area contributed by atoms with Gasteiger partial charge in [0.2, 0.25) is 5.89 Å². The zero-order valence-corrected chi connectivity index (χ0v) is 15.6. The number of aromatic nitrogens is 1. The number of oxazole rings is 1. The van der Waals surface area contributed by atoms with E-state index in [-0.39, 0.29) is 24.0 Å². The van der Waals surface area contributed by atoms with Gasteiger partial charge in [0.25, 0.3) is 0 Å². The molecule has 0 saturated carbocycles. The lowest BCUT2D eigenvalue weighted by molar-refractivity contribution is -0.0670. The summed E-state index contributed by atoms with van der Waals surface area (Å²) in [6, 6.07) is 8.62. The summed E-state index contributed by atoms with van der Waals surface area (Å²) >= 11 is 0. The monoisotopic (exact) mass is 374 g/mol. The first-order valence-corrected chi connectivity index (χ1v) is 8.59. The number of carboxylic acid groups (broad SMARTS) is 1. The van der Waals surface area contributed by atoms with Crippen LogP contribution in [-0.2, 0) is 16.1 Å². The summed E-state index contributed by atoms with van der Waals surface area (Å²) in [5, 5.41) is 9.22. The van der Waals surface area contributed by atoms with E-state index in [0.29, 0.717) is 0 Å². The normalized spacial score (nSPS) is 21.3. The molecule has 1 fully saturated rings. The molecular formula is C19H22N2O6. The molecule has 3 rings (SSSR count). The first kappa shape index (κ1) is 18.9. The second kappa shape index (κ2) is 7.03. The summed E-state index contributed by atoms with van der Waals surface area (Å²) in [4.78, 5) is 29.6. The van der Waals surface area contributed by atoms with Gasteiger partial charge in [0.05, 0.1) is 6.10 Å². The Morgan fingerprint density at radius 1 is 1.30 bits per heavy atom. The molecule has 1 aromatic carbocycles. The molecule has 1 amide bonds. The lowest BCUT2D eigenvalue weighted by Gasteiger charge is -2.31. The van der Waals surface area contributed by atoms with Crippen LogP contribution >= 0.6 is 0 Å². The van der Waals surface area contributed by atoms with Crippen molar-refractivity contribution >= 4 is 12.1 Å². The number of hydrogen-bond donors (Lipinski definition) is 1. The third-order valence-electron chi connectivity index (χ3n) is 4.45. The van der Waals surface area contributed by atoms with Crippen molar-refractivity contribution in [3.05, 3.63) is 53.2 Å². The second-order valence-electron chi connectivity index (χ2n) is 6.89. The Hall–Kier alpha value is -2.87. The number of aromatic carboxylic acids is 1. The smallest absolute Gasteiger partial charge is 0.413 e. The molecule has 144 valence electrons. The quantitative estimate of drug-likeness (QED) is 0.873. The van der Waals surface area contributed by atoms with Gasteiger partial charge in [0.15, 0.2) is 5.69 Å². The highest BCUT2D eigenvalue weighted by molar-refractivity contribution is 5.86. The van der Waals surface area contributed by atoms with Gasteiger partial charge in [0, 0.05) is 0 Å². The highest BCUT2D eigenvalue weighted by Crippen LogP contribution is 2.42. The van der Waals surface area contributed by atoms with Crippen LogP contribution in [0.1, 0.15) is 54.5 Å². The van der Waals surface area contributed by atoms with Crippen molar-refractivity contribution in [3.8, 4) is 0 Å². The molecule has 1 N–H and O–H groups in total. The van der Waals surface area contributed by atoms with E-state index in [4.69, 9.17) is 13.9 Å². The van der Waals surface area contributed by atoms with Crippen molar-refractivity contribution in [1.29, 1.82) is 0 Å². The van der Waals surface area contributed by atoms with E-state index < -0.39 is 29.9 Å². The number of carbonyl (C=O) groups excluding carboxylic acids is 1. The molecule has 0 radical (unpaired) electrons. The van der Waals surface area contributed by atoms with Crippen LogP contribution in [0.3, 0.4) is 0 Å². The van der Waals surface area contributed by atoms with E-state index in [0.717, 1.165) is 5.56 Å². The Bertz CT molecular complexity index is 845. The van der Waals surface area contributed by atoms with Gasteiger partial charge in [-0.3, -0.25) is 4.90 Å². The highest BCUT2D eigenvalue weighted by Gasteiger charge is 2.52. The molecule has 8 heteroatoms. The molecule has 2 heterocycles. The zero-order chi connectivity index (χ0) is 19.8. The van der Waals surface area contributed by atoms with Crippen molar-refractivity contribution in [2.24, 2.45) is 0 Å². The summed E-state index contributed by atoms with van der Waals surface area (Å²) in [6.07, 6.45) is -1.05. The van der Waals surface area contributed by atoms with Crippen molar-refractivity contribution in [1.82, 2.24) is 9.88 Å². The lowest BCUT2D eigenvalue weighted by Crippen LogP contribution is -2.45. The Labute approximate surface area is 156 Å². The maximum atomic E-state index is 12.8. The summed E-state index contributed by atoms with van der Waals surface area (Å²) < 4.78 is 16.9. The molecule has 2 atom stereocenters. The van der Waals surface area contributed by atoms with Gasteiger partial charge >= 0.3 is 12.1 Å². The van der Waals surface area contributed by atoms with Gasteiger partial charge in [-0.25, -0.2) is 14.6 Å². The molecule has 0 aliphatic carbocycles. The van der Waals surface area contributed by atoms with Crippen molar-refractivity contribution in [2.45, 2.75) is 52.2 Å². The third kappa shape index (κ3) is 3.66. The molecular weight excluding hydrogens is 352 g/mol. The zero-order valence-electron chi connectivity index (χ0n) is 15.6. The summed E-state index contributed by atoms with van der Waals surface area (Å²) in [5.74, 6) is -0.904. The lowest BCUT2D eigenvalue weighted by atomic mass is 10.1. The van der Waals surface area contributed by atoms with Gasteiger partial charge in [-0.1, -0.05) is 30.3 Å². The van der Waals surface area contributed by atoms with Gasteiger partial charge in [-0.05, 0) is 33.3 Å². The number of rotatable bonds is 4. The van der Waals surface area contributed by atoms with Crippen molar-refractivity contribution in [2.75, 3.05) is 0 Å². The maximum absolute atomic E-state index is 12.8. The molecule has 8 nitrogen and oxygen atoms in total. The number of amides is 1. The van der Waals surface area contributed by atoms with Crippen LogP contribution < -0.4 is 0 Å². The van der Waals surface area contributed by atoms with Crippen LogP contribution in [-0.4, -0.2) is 38.9 Å². The van der Waals surface area contributed by atoms with Crippen LogP contribution in [0.5, 0.6) is 0 Å². The van der Waals surface area contributed by atoms with E-state index in [1.54, 1.807) is 20.8 Å². The minimum absolute atomic E-state index is 0.109. The predicted octanol–water partition coefficient (Wildman–Crippen LogP) is 3.52. The van der Waals surface area contributed by atoms with Crippen LogP contribution in [0.15, 0.2) is 34.7 Å². The molecule has 1 aliphatic rings. The number of nitrogens with zero attached hydrogens (tertiary/aromatic N) is 2. The van der Waals surface area contributed by atoms with E-state index in [1.165, 1.54) is 11.8 Å². The number of benzene rings is 1. The van der Waals surface area contributed by atoms with Gasteiger partial charge < -0.3 is 19.0 Å². The van der Waals surface area contributed by atoms with Crippen LogP contribution in [0.25, 0.3) is 0 Å². The molecule has 1 aliphatic heterocycles. The second-order valence-corrected chi connectivity index (χ2v) is 6.89. The van der Waals surface area contributed by atoms with Gasteiger partial charge in [0.1, 0.15) is 24.1 Å². The molecule has 0 unspecified atom stereocenters. The average Bonchev–Trinajstić information content (AvgIpc) is 3.09. The van der Waals surface area contributed by atoms with Crippen molar-refractivity contribution in [3.63, 3.8) is 0 Å². The average molecular weight is 374 g/mol. The van der Waals surface area contributed by atoms with E-state index in [9.17, 15) is 14.7 Å². The first-order chi connectivity index (χ1) is 12.7. The topological polar surface area (TPSA) is 102 Å². The van der Waals surface area contributed by atoms with E-state index in [1.807, 2.05) is 30.3 Å². The minimum Gasteiger partial charge on any atom is -0.476 e. The number of aryl methyl sites for hydroxylation is 1. The third-order valence-corrected chi connectivity index (χ3v) is 4.45. The Morgan fingerprint density at radius 2 is 1.96 bits per heavy atom. The van der Waals surface area contributed by atoms with E-state index in [2.05, 4.69) is 4.98 Å². The molecule has 1 saturated heterocycles. The summed E-state index contributed by atoms with van der Waals surface area (Å²) in [6.45, 7) is 6.88. The fourth-order valence-electron chi connectivity index (χ4n) is 3.30. The highest BCUT2D eigenvalue weighted by atomic mass is 16.6. The predicted molar refractivity (Wildman–Crippen MR) is 94.0 cm³/mol. The first-order valence-electron chi connectivity index (χ1n) is 8.59. The van der Waals surface area contributed by atoms with Crippen LogP contribution in [0, 0.1) is 6.92 Å². The maximum Gasteiger partial charge on any atom is 0.413 e. The van der Waals surface area contributed by atoms with E-state index >= 15 is 0 Å². The van der Waals surface area contributed by atoms with Crippen LogP contribution in [0.4, 0.5) is 4.79 Å². The molecule has 0 spiro atoms. The minimum atomic E-state index is -1.19. The summed E-state index contributed by atoms with van der Waals surface area (Å²) in [5.41, 5.74) is -0.295. The summed E-state index contributed by atoms with van der Waals surface area (Å²) in [7, 11) is 0. The van der Waals surface area contributed by atoms with Gasteiger partial charge in [-0.15, -0.1) is 0 Å². The Morgan fingerprint density at radius 3 is 2.56 bits per heavy atom. The number of hydrogen-bond acceptors (Lipinski definition) is 6. The number of ether oxygens (including phenoxy) is 2.